The Morgan fingerprint density at radius 1 is 1.12 bits per heavy atom. The van der Waals surface area contributed by atoms with Crippen molar-refractivity contribution < 1.29 is 9.53 Å². The first-order chi connectivity index (χ1) is 15.6. The van der Waals surface area contributed by atoms with Gasteiger partial charge in [0.15, 0.2) is 0 Å². The van der Waals surface area contributed by atoms with Gasteiger partial charge in [0.1, 0.15) is 5.82 Å². The first kappa shape index (κ1) is 20.1. The van der Waals surface area contributed by atoms with Crippen LogP contribution in [0.2, 0.25) is 0 Å². The van der Waals surface area contributed by atoms with Gasteiger partial charge in [-0.2, -0.15) is 4.98 Å². The van der Waals surface area contributed by atoms with Crippen molar-refractivity contribution in [3.05, 3.63) is 47.8 Å². The Hall–Kier alpha value is -3.79. The number of amides is 2. The zero-order valence-corrected chi connectivity index (χ0v) is 17.8. The molecule has 10 heteroatoms. The molecule has 2 aliphatic heterocycles. The number of rotatable bonds is 3. The maximum Gasteiger partial charge on any atom is 0.327 e. The van der Waals surface area contributed by atoms with Crippen LogP contribution in [0.3, 0.4) is 0 Å². The van der Waals surface area contributed by atoms with Gasteiger partial charge in [-0.15, -0.1) is 0 Å². The number of hydrogen-bond donors (Lipinski definition) is 2. The summed E-state index contributed by atoms with van der Waals surface area (Å²) in [5.41, 5.74) is 9.86. The number of carbonyl (C=O) groups is 1. The normalized spacial score (nSPS) is 15.5. The molecule has 2 aliphatic rings. The van der Waals surface area contributed by atoms with E-state index in [1.165, 1.54) is 0 Å². The molecule has 0 radical (unpaired) electrons. The van der Waals surface area contributed by atoms with Crippen LogP contribution in [0.4, 0.5) is 28.2 Å². The predicted octanol–water partition coefficient (Wildman–Crippen LogP) is 2.26. The van der Waals surface area contributed by atoms with Crippen molar-refractivity contribution in [1.29, 1.82) is 0 Å². The lowest BCUT2D eigenvalue weighted by Crippen LogP contribution is -2.38. The number of hydrogen-bond acceptors (Lipinski definition) is 8. The van der Waals surface area contributed by atoms with Gasteiger partial charge in [0.05, 0.1) is 18.9 Å². The molecule has 2 aromatic heterocycles. The number of benzene rings is 1. The molecule has 3 aromatic rings. The van der Waals surface area contributed by atoms with E-state index in [0.29, 0.717) is 51.0 Å². The van der Waals surface area contributed by atoms with Gasteiger partial charge in [-0.25, -0.2) is 19.7 Å². The van der Waals surface area contributed by atoms with Crippen molar-refractivity contribution >= 4 is 29.4 Å². The van der Waals surface area contributed by atoms with Gasteiger partial charge in [0, 0.05) is 48.8 Å². The number of nitrogens with zero attached hydrogens (tertiary/aromatic N) is 6. The number of aryl methyl sites for hydroxylation is 1. The minimum absolute atomic E-state index is 0.201. The fraction of sp³-hybridized carbons (Fsp3) is 0.318. The minimum Gasteiger partial charge on any atom is -0.378 e. The molecule has 5 rings (SSSR count). The molecule has 1 aromatic carbocycles. The molecular weight excluding hydrogens is 408 g/mol. The summed E-state index contributed by atoms with van der Waals surface area (Å²) in [6, 6.07) is 7.49. The third-order valence-electron chi connectivity index (χ3n) is 5.57. The Morgan fingerprint density at radius 3 is 2.66 bits per heavy atom. The van der Waals surface area contributed by atoms with Crippen LogP contribution in [-0.2, 0) is 11.2 Å². The van der Waals surface area contributed by atoms with Crippen LogP contribution in [0.5, 0.6) is 0 Å². The van der Waals surface area contributed by atoms with Gasteiger partial charge in [0.2, 0.25) is 11.9 Å². The van der Waals surface area contributed by atoms with Crippen molar-refractivity contribution in [1.82, 2.24) is 19.9 Å². The van der Waals surface area contributed by atoms with Crippen LogP contribution in [0.25, 0.3) is 11.3 Å². The maximum absolute atomic E-state index is 13.1. The summed E-state index contributed by atoms with van der Waals surface area (Å²) < 4.78 is 5.47. The highest BCUT2D eigenvalue weighted by molar-refractivity contribution is 6.03. The summed E-state index contributed by atoms with van der Waals surface area (Å²) in [4.78, 5) is 34.8. The van der Waals surface area contributed by atoms with Crippen molar-refractivity contribution in [3.8, 4) is 11.3 Å². The van der Waals surface area contributed by atoms with Gasteiger partial charge >= 0.3 is 6.03 Å². The molecule has 0 atom stereocenters. The van der Waals surface area contributed by atoms with E-state index >= 15 is 0 Å². The summed E-state index contributed by atoms with van der Waals surface area (Å²) in [7, 11) is 0. The summed E-state index contributed by atoms with van der Waals surface area (Å²) in [5, 5.41) is 2.98. The van der Waals surface area contributed by atoms with E-state index in [4.69, 9.17) is 20.4 Å². The van der Waals surface area contributed by atoms with Gasteiger partial charge < -0.3 is 20.7 Å². The molecule has 164 valence electrons. The summed E-state index contributed by atoms with van der Waals surface area (Å²) in [5.74, 6) is 1.37. The zero-order valence-electron chi connectivity index (χ0n) is 17.8. The number of fused-ring (bicyclic) bond motifs is 1. The molecule has 1 fully saturated rings. The van der Waals surface area contributed by atoms with Gasteiger partial charge in [-0.05, 0) is 31.0 Å². The van der Waals surface area contributed by atoms with Crippen LogP contribution in [0.1, 0.15) is 11.1 Å². The summed E-state index contributed by atoms with van der Waals surface area (Å²) in [6.07, 6.45) is 3.95. The van der Waals surface area contributed by atoms with Crippen molar-refractivity contribution in [2.75, 3.05) is 53.7 Å². The molecule has 32 heavy (non-hydrogen) atoms. The van der Waals surface area contributed by atoms with E-state index in [2.05, 4.69) is 20.2 Å². The SMILES string of the molecule is Cc1cccc(NC(=O)N2CCc3c(-c4cnc(N)nc4)nc(N4CCOCC4)nc32)c1. The van der Waals surface area contributed by atoms with Gasteiger partial charge in [-0.1, -0.05) is 12.1 Å². The fourth-order valence-corrected chi connectivity index (χ4v) is 3.96. The second-order valence-corrected chi connectivity index (χ2v) is 7.81. The van der Waals surface area contributed by atoms with Crippen LogP contribution >= 0.6 is 0 Å². The largest absolute Gasteiger partial charge is 0.378 e. The number of anilines is 4. The summed E-state index contributed by atoms with van der Waals surface area (Å²) in [6.45, 7) is 5.09. The molecule has 4 heterocycles. The van der Waals surface area contributed by atoms with Gasteiger partial charge in [-0.3, -0.25) is 4.90 Å². The molecule has 10 nitrogen and oxygen atoms in total. The number of ether oxygens (including phenoxy) is 1. The second kappa shape index (κ2) is 8.39. The molecule has 3 N–H and O–H groups in total. The predicted molar refractivity (Wildman–Crippen MR) is 122 cm³/mol. The molecular formula is C22H24N8O2. The first-order valence-corrected chi connectivity index (χ1v) is 10.5. The number of urea groups is 1. The van der Waals surface area contributed by atoms with Crippen LogP contribution in [0.15, 0.2) is 36.7 Å². The first-order valence-electron chi connectivity index (χ1n) is 10.5. The molecule has 0 aliphatic carbocycles. The lowest BCUT2D eigenvalue weighted by molar-refractivity contribution is 0.122. The van der Waals surface area contributed by atoms with E-state index < -0.39 is 0 Å². The third kappa shape index (κ3) is 3.92. The Kier molecular flexibility index (Phi) is 5.28. The Morgan fingerprint density at radius 2 is 1.91 bits per heavy atom. The number of carbonyl (C=O) groups excluding carboxylic acids is 1. The van der Waals surface area contributed by atoms with Crippen molar-refractivity contribution in [2.45, 2.75) is 13.3 Å². The smallest absolute Gasteiger partial charge is 0.327 e. The van der Waals surface area contributed by atoms with Crippen molar-refractivity contribution in [2.24, 2.45) is 0 Å². The average molecular weight is 432 g/mol. The third-order valence-corrected chi connectivity index (χ3v) is 5.57. The Bertz CT molecular complexity index is 1150. The fourth-order valence-electron chi connectivity index (χ4n) is 3.96. The molecule has 2 amide bonds. The molecule has 0 spiro atoms. The van der Waals surface area contributed by atoms with Crippen molar-refractivity contribution in [3.63, 3.8) is 0 Å². The second-order valence-electron chi connectivity index (χ2n) is 7.81. The Balaban J connectivity index is 1.53. The maximum atomic E-state index is 13.1. The van der Waals surface area contributed by atoms with Crippen LogP contribution < -0.4 is 20.9 Å². The summed E-state index contributed by atoms with van der Waals surface area (Å²) >= 11 is 0. The highest BCUT2D eigenvalue weighted by Gasteiger charge is 2.32. The quantitative estimate of drug-likeness (QED) is 0.646. The van der Waals surface area contributed by atoms with E-state index in [9.17, 15) is 4.79 Å². The lowest BCUT2D eigenvalue weighted by Gasteiger charge is -2.28. The number of aromatic nitrogens is 4. The van der Waals surface area contributed by atoms with Crippen LogP contribution in [0, 0.1) is 6.92 Å². The van der Waals surface area contributed by atoms with Gasteiger partial charge in [0.25, 0.3) is 0 Å². The standard InChI is InChI=1S/C22H24N8O2/c1-14-3-2-4-16(11-14)26-22(31)30-6-5-17-18(15-12-24-20(23)25-13-15)27-21(28-19(17)30)29-7-9-32-10-8-29/h2-4,11-13H,5-10H2,1H3,(H,26,31)(H2,23,24,25). The lowest BCUT2D eigenvalue weighted by atomic mass is 10.1. The van der Waals surface area contributed by atoms with Crippen LogP contribution in [-0.4, -0.2) is 58.8 Å². The molecule has 1 saturated heterocycles. The highest BCUT2D eigenvalue weighted by Crippen LogP contribution is 2.35. The van der Waals surface area contributed by atoms with E-state index in [0.717, 1.165) is 28.1 Å². The number of nitrogen functional groups attached to an aromatic ring is 1. The number of nitrogens with two attached hydrogens (primary N) is 1. The zero-order chi connectivity index (χ0) is 22.1. The Labute approximate surface area is 185 Å². The van der Waals surface area contributed by atoms with E-state index in [1.54, 1.807) is 17.3 Å². The minimum atomic E-state index is -0.222. The molecule has 0 unspecified atom stereocenters. The van der Waals surface area contributed by atoms with E-state index in [1.807, 2.05) is 31.2 Å². The highest BCUT2D eigenvalue weighted by atomic mass is 16.5. The molecule has 0 saturated carbocycles. The monoisotopic (exact) mass is 432 g/mol. The molecule has 0 bridgehead atoms. The number of morpholine rings is 1. The van der Waals surface area contributed by atoms with E-state index in [-0.39, 0.29) is 12.0 Å². The average Bonchev–Trinajstić information content (AvgIpc) is 3.24. The topological polar surface area (TPSA) is 122 Å². The number of nitrogens with one attached hydrogen (secondary N) is 1.